The zero-order valence-electron chi connectivity index (χ0n) is 19.2. The fourth-order valence-electron chi connectivity index (χ4n) is 4.65. The van der Waals surface area contributed by atoms with Gasteiger partial charge in [-0.05, 0) is 36.0 Å². The molecule has 0 N–H and O–H groups in total. The molecule has 0 amide bonds. The van der Waals surface area contributed by atoms with Gasteiger partial charge in [-0.3, -0.25) is 0 Å². The van der Waals surface area contributed by atoms with Crippen molar-refractivity contribution in [1.29, 1.82) is 0 Å². The molecule has 0 heterocycles. The molecule has 0 spiro atoms. The molecule has 0 radical (unpaired) electrons. The van der Waals surface area contributed by atoms with Crippen molar-refractivity contribution in [1.82, 2.24) is 0 Å². The molecule has 0 unspecified atom stereocenters. The molecule has 0 aromatic heterocycles. The first-order valence-corrected chi connectivity index (χ1v) is 15.0. The maximum absolute atomic E-state index is 2.28. The van der Waals surface area contributed by atoms with Gasteiger partial charge >= 0.3 is 0 Å². The van der Waals surface area contributed by atoms with Gasteiger partial charge in [0.05, 0.1) is 0 Å². The number of hydrogen-bond donors (Lipinski definition) is 0. The summed E-state index contributed by atoms with van der Waals surface area (Å²) < 4.78 is 0. The van der Waals surface area contributed by atoms with Gasteiger partial charge in [0.15, 0.2) is 0 Å². The molecule has 0 aliphatic carbocycles. The molecule has 0 bridgehead atoms. The Morgan fingerprint density at radius 1 is 0.355 bits per heavy atom. The highest BCUT2D eigenvalue weighted by molar-refractivity contribution is 6.58. The van der Waals surface area contributed by atoms with E-state index >= 15 is 0 Å². The molecule has 0 saturated carbocycles. The number of hydrogen-bond acceptors (Lipinski definition) is 0. The average Bonchev–Trinajstić information content (AvgIpc) is 2.83. The van der Waals surface area contributed by atoms with E-state index in [0.717, 1.165) is 0 Å². The van der Waals surface area contributed by atoms with Crippen molar-refractivity contribution in [2.45, 2.75) is 73.6 Å². The molecule has 3 aromatic rings. The SMILES string of the molecule is c1ccc(CCC[CH2][Al]([CH2]CCCc2ccccc2)[CH2]CCCc2ccccc2)cc1. The van der Waals surface area contributed by atoms with Gasteiger partial charge in [0.25, 0.3) is 14.1 Å². The van der Waals surface area contributed by atoms with Crippen molar-refractivity contribution in [3.63, 3.8) is 0 Å². The van der Waals surface area contributed by atoms with E-state index in [1.807, 2.05) is 0 Å². The molecule has 0 saturated heterocycles. The Kier molecular flexibility index (Phi) is 11.6. The molecule has 31 heavy (non-hydrogen) atoms. The second kappa shape index (κ2) is 15.1. The van der Waals surface area contributed by atoms with Crippen molar-refractivity contribution in [2.24, 2.45) is 0 Å². The van der Waals surface area contributed by atoms with Crippen molar-refractivity contribution in [2.75, 3.05) is 0 Å². The van der Waals surface area contributed by atoms with E-state index in [0.29, 0.717) is 0 Å². The summed E-state index contributed by atoms with van der Waals surface area (Å²) in [5.41, 5.74) is 4.52. The van der Waals surface area contributed by atoms with Crippen molar-refractivity contribution < 1.29 is 0 Å². The van der Waals surface area contributed by atoms with Crippen LogP contribution in [0.2, 0.25) is 15.8 Å². The van der Waals surface area contributed by atoms with Gasteiger partial charge in [0.2, 0.25) is 0 Å². The number of benzene rings is 3. The second-order valence-corrected chi connectivity index (χ2v) is 12.5. The largest absolute Gasteiger partial charge is 0.261 e. The zero-order chi connectivity index (χ0) is 21.4. The maximum Gasteiger partial charge on any atom is 0.261 e. The predicted molar refractivity (Wildman–Crippen MR) is 138 cm³/mol. The molecular weight excluding hydrogens is 387 g/mol. The van der Waals surface area contributed by atoms with E-state index in [1.165, 1.54) is 74.5 Å². The van der Waals surface area contributed by atoms with Gasteiger partial charge in [0, 0.05) is 0 Å². The van der Waals surface area contributed by atoms with Crippen LogP contribution in [0.5, 0.6) is 0 Å². The minimum atomic E-state index is -0.610. The van der Waals surface area contributed by atoms with Crippen LogP contribution in [0.1, 0.15) is 55.2 Å². The topological polar surface area (TPSA) is 0 Å². The van der Waals surface area contributed by atoms with E-state index in [-0.39, 0.29) is 0 Å². The molecule has 162 valence electrons. The molecular formula is C30H39Al. The quantitative estimate of drug-likeness (QED) is 0.169. The molecule has 3 aromatic carbocycles. The lowest BCUT2D eigenvalue weighted by molar-refractivity contribution is 0.745. The molecule has 0 fully saturated rings. The van der Waals surface area contributed by atoms with Crippen LogP contribution >= 0.6 is 0 Å². The van der Waals surface area contributed by atoms with Crippen LogP contribution in [0.3, 0.4) is 0 Å². The lowest BCUT2D eigenvalue weighted by Gasteiger charge is -2.12. The Morgan fingerprint density at radius 3 is 0.935 bits per heavy atom. The fourth-order valence-corrected chi connectivity index (χ4v) is 8.12. The second-order valence-electron chi connectivity index (χ2n) is 9.06. The first kappa shape index (κ1) is 23.8. The molecule has 0 atom stereocenters. The maximum atomic E-state index is 2.28. The van der Waals surface area contributed by atoms with Crippen LogP contribution in [0.15, 0.2) is 91.0 Å². The van der Waals surface area contributed by atoms with Crippen molar-refractivity contribution in [3.05, 3.63) is 108 Å². The zero-order valence-corrected chi connectivity index (χ0v) is 20.4. The van der Waals surface area contributed by atoms with E-state index in [2.05, 4.69) is 91.0 Å². The summed E-state index contributed by atoms with van der Waals surface area (Å²) in [6.07, 6.45) is 12.2. The van der Waals surface area contributed by atoms with Crippen LogP contribution in [0.25, 0.3) is 0 Å². The normalized spacial score (nSPS) is 10.8. The Balaban J connectivity index is 1.36. The van der Waals surface area contributed by atoms with Crippen LogP contribution < -0.4 is 0 Å². The van der Waals surface area contributed by atoms with Crippen molar-refractivity contribution >= 4 is 14.1 Å². The lowest BCUT2D eigenvalue weighted by Crippen LogP contribution is -2.12. The summed E-state index contributed by atoms with van der Waals surface area (Å²) in [6.45, 7) is 0. The molecule has 0 nitrogen and oxygen atoms in total. The summed E-state index contributed by atoms with van der Waals surface area (Å²) in [5.74, 6) is 0. The van der Waals surface area contributed by atoms with Crippen molar-refractivity contribution in [3.8, 4) is 0 Å². The van der Waals surface area contributed by atoms with Gasteiger partial charge in [0.1, 0.15) is 0 Å². The third-order valence-corrected chi connectivity index (χ3v) is 10.2. The van der Waals surface area contributed by atoms with E-state index < -0.39 is 14.1 Å². The minimum Gasteiger partial charge on any atom is -0.0938 e. The monoisotopic (exact) mass is 426 g/mol. The highest BCUT2D eigenvalue weighted by atomic mass is 27.2. The average molecular weight is 427 g/mol. The first-order valence-electron chi connectivity index (χ1n) is 12.5. The van der Waals surface area contributed by atoms with Crippen LogP contribution in [-0.2, 0) is 19.3 Å². The van der Waals surface area contributed by atoms with E-state index in [1.54, 1.807) is 15.8 Å². The standard InChI is InChI=1S/3C10H13.Al/c3*1-2-3-7-10-8-5-4-6-9-10;/h3*4-6,8-9H,1-3,7H2;. The smallest absolute Gasteiger partial charge is 0.0938 e. The highest BCUT2D eigenvalue weighted by Crippen LogP contribution is 2.19. The summed E-state index contributed by atoms with van der Waals surface area (Å²) in [7, 11) is 0. The summed E-state index contributed by atoms with van der Waals surface area (Å²) >= 11 is -0.610. The summed E-state index contributed by atoms with van der Waals surface area (Å²) in [4.78, 5) is 0. The fraction of sp³-hybridized carbons (Fsp3) is 0.400. The summed E-state index contributed by atoms with van der Waals surface area (Å²) in [5, 5.41) is 4.64. The van der Waals surface area contributed by atoms with Crippen LogP contribution in [-0.4, -0.2) is 14.1 Å². The van der Waals surface area contributed by atoms with E-state index in [4.69, 9.17) is 0 Å². The molecule has 3 rings (SSSR count). The van der Waals surface area contributed by atoms with Gasteiger partial charge in [-0.2, -0.15) is 0 Å². The van der Waals surface area contributed by atoms with Gasteiger partial charge in [-0.25, -0.2) is 0 Å². The van der Waals surface area contributed by atoms with Crippen LogP contribution in [0.4, 0.5) is 0 Å². The first-order chi connectivity index (χ1) is 15.4. The molecule has 0 aliphatic heterocycles. The van der Waals surface area contributed by atoms with Gasteiger partial charge < -0.3 is 0 Å². The third-order valence-electron chi connectivity index (χ3n) is 6.51. The number of aryl methyl sites for hydroxylation is 3. The third kappa shape index (κ3) is 10.4. The number of rotatable bonds is 15. The Hall–Kier alpha value is -1.81. The Labute approximate surface area is 195 Å². The molecule has 1 heteroatoms. The lowest BCUT2D eigenvalue weighted by atomic mass is 10.1. The Morgan fingerprint density at radius 2 is 0.645 bits per heavy atom. The van der Waals surface area contributed by atoms with Crippen LogP contribution in [0, 0.1) is 0 Å². The summed E-state index contributed by atoms with van der Waals surface area (Å²) in [6, 6.07) is 33.1. The predicted octanol–water partition coefficient (Wildman–Crippen LogP) is 8.55. The van der Waals surface area contributed by atoms with Gasteiger partial charge in [-0.15, -0.1) is 0 Å². The Bertz CT molecular complexity index is 685. The van der Waals surface area contributed by atoms with Gasteiger partial charge in [-0.1, -0.05) is 145 Å². The number of unbranched alkanes of at least 4 members (excludes halogenated alkanes) is 3. The highest BCUT2D eigenvalue weighted by Gasteiger charge is 2.16. The molecule has 0 aliphatic rings. The minimum absolute atomic E-state index is 0.610. The van der Waals surface area contributed by atoms with E-state index in [9.17, 15) is 0 Å².